The zero-order chi connectivity index (χ0) is 14.2. The van der Waals surface area contributed by atoms with Gasteiger partial charge in [0.15, 0.2) is 0 Å². The maximum atomic E-state index is 5.49. The van der Waals surface area contributed by atoms with E-state index < -0.39 is 0 Å². The molecule has 2 fully saturated rings. The highest BCUT2D eigenvalue weighted by Gasteiger charge is 2.32. The molecule has 4 nitrogen and oxygen atoms in total. The van der Waals surface area contributed by atoms with Gasteiger partial charge >= 0.3 is 0 Å². The van der Waals surface area contributed by atoms with Crippen LogP contribution in [0.25, 0.3) is 0 Å². The molecule has 0 amide bonds. The first-order valence-corrected chi connectivity index (χ1v) is 8.35. The van der Waals surface area contributed by atoms with Crippen molar-refractivity contribution in [3.05, 3.63) is 23.8 Å². The number of rotatable bonds is 2. The standard InChI is InChI=1S/C17H25N3O/c1-12-2-5-16(18-9-12)13-3-4-14-10-20(19-17(14)8-13)15-6-7-21-11-15/h3-4,8,12,14-16,18H,2,5-7,9-11H2,1H3/t12-,14?,15?,16+/m0/s1. The van der Waals surface area contributed by atoms with Crippen molar-refractivity contribution in [3.8, 4) is 0 Å². The number of ether oxygens (including phenoxy) is 1. The number of fused-ring (bicyclic) bond motifs is 1. The van der Waals surface area contributed by atoms with E-state index >= 15 is 0 Å². The van der Waals surface area contributed by atoms with Crippen LogP contribution in [0.4, 0.5) is 0 Å². The zero-order valence-corrected chi connectivity index (χ0v) is 12.8. The smallest absolute Gasteiger partial charge is 0.0726 e. The Labute approximate surface area is 126 Å². The average molecular weight is 287 g/mol. The Hall–Kier alpha value is -1.13. The molecule has 1 N–H and O–H groups in total. The van der Waals surface area contributed by atoms with Gasteiger partial charge in [0, 0.05) is 25.1 Å². The summed E-state index contributed by atoms with van der Waals surface area (Å²) in [6, 6.07) is 1.01. The lowest BCUT2D eigenvalue weighted by Crippen LogP contribution is -2.39. The van der Waals surface area contributed by atoms with E-state index in [9.17, 15) is 0 Å². The summed E-state index contributed by atoms with van der Waals surface area (Å²) < 4.78 is 5.49. The molecule has 0 saturated carbocycles. The molecular weight excluding hydrogens is 262 g/mol. The fourth-order valence-electron chi connectivity index (χ4n) is 3.79. The lowest BCUT2D eigenvalue weighted by molar-refractivity contribution is 0.151. The van der Waals surface area contributed by atoms with Crippen LogP contribution in [0.3, 0.4) is 0 Å². The Morgan fingerprint density at radius 2 is 2.29 bits per heavy atom. The van der Waals surface area contributed by atoms with Gasteiger partial charge in [-0.15, -0.1) is 0 Å². The predicted molar refractivity (Wildman–Crippen MR) is 84.3 cm³/mol. The van der Waals surface area contributed by atoms with Crippen LogP contribution in [0.1, 0.15) is 26.2 Å². The monoisotopic (exact) mass is 287 g/mol. The number of allylic oxidation sites excluding steroid dienone is 1. The number of hydrogen-bond acceptors (Lipinski definition) is 4. The molecule has 0 radical (unpaired) electrons. The molecule has 2 saturated heterocycles. The van der Waals surface area contributed by atoms with Crippen LogP contribution in [0.2, 0.25) is 0 Å². The van der Waals surface area contributed by atoms with Gasteiger partial charge in [-0.25, -0.2) is 0 Å². The molecule has 0 aromatic heterocycles. The second-order valence-corrected chi connectivity index (χ2v) is 6.92. The quantitative estimate of drug-likeness (QED) is 0.843. The SMILES string of the molecule is C[C@H]1CC[C@H](C2=CC3=NN(C4CCOC4)CC3C=C2)NC1. The van der Waals surface area contributed by atoms with E-state index in [0.717, 1.165) is 38.6 Å². The lowest BCUT2D eigenvalue weighted by atomic mass is 9.87. The van der Waals surface area contributed by atoms with Crippen molar-refractivity contribution in [2.24, 2.45) is 16.9 Å². The van der Waals surface area contributed by atoms with Crippen molar-refractivity contribution in [1.29, 1.82) is 0 Å². The molecule has 4 heteroatoms. The molecule has 0 bridgehead atoms. The van der Waals surface area contributed by atoms with E-state index in [2.05, 4.69) is 35.5 Å². The van der Waals surface area contributed by atoms with Crippen LogP contribution in [0.15, 0.2) is 28.9 Å². The van der Waals surface area contributed by atoms with Gasteiger partial charge in [-0.3, -0.25) is 5.01 Å². The largest absolute Gasteiger partial charge is 0.379 e. The van der Waals surface area contributed by atoms with Crippen LogP contribution in [-0.2, 0) is 4.74 Å². The highest BCUT2D eigenvalue weighted by Crippen LogP contribution is 2.28. The van der Waals surface area contributed by atoms with Crippen LogP contribution in [0.5, 0.6) is 0 Å². The average Bonchev–Trinajstić information content (AvgIpc) is 3.16. The number of nitrogens with one attached hydrogen (secondary N) is 1. The minimum Gasteiger partial charge on any atom is -0.379 e. The summed E-state index contributed by atoms with van der Waals surface area (Å²) in [5, 5.41) is 10.8. The Balaban J connectivity index is 1.47. The summed E-state index contributed by atoms with van der Waals surface area (Å²) in [4.78, 5) is 0. The van der Waals surface area contributed by atoms with Gasteiger partial charge in [0.05, 0.1) is 18.4 Å². The van der Waals surface area contributed by atoms with Crippen molar-refractivity contribution in [1.82, 2.24) is 10.3 Å². The predicted octanol–water partition coefficient (Wildman–Crippen LogP) is 1.95. The maximum Gasteiger partial charge on any atom is 0.0726 e. The highest BCUT2D eigenvalue weighted by atomic mass is 16.5. The van der Waals surface area contributed by atoms with Crippen LogP contribution < -0.4 is 5.32 Å². The van der Waals surface area contributed by atoms with Gasteiger partial charge < -0.3 is 10.1 Å². The molecule has 4 rings (SSSR count). The lowest BCUT2D eigenvalue weighted by Gasteiger charge is -2.30. The second kappa shape index (κ2) is 5.58. The number of hydrogen-bond donors (Lipinski definition) is 1. The first kappa shape index (κ1) is 13.5. The van der Waals surface area contributed by atoms with Gasteiger partial charge in [-0.1, -0.05) is 19.1 Å². The minimum absolute atomic E-state index is 0.483. The van der Waals surface area contributed by atoms with Crippen molar-refractivity contribution in [3.63, 3.8) is 0 Å². The minimum atomic E-state index is 0.483. The molecule has 2 unspecified atom stereocenters. The fourth-order valence-corrected chi connectivity index (χ4v) is 3.79. The third kappa shape index (κ3) is 2.67. The third-order valence-corrected chi connectivity index (χ3v) is 5.23. The summed E-state index contributed by atoms with van der Waals surface area (Å²) in [5.74, 6) is 1.29. The van der Waals surface area contributed by atoms with Crippen molar-refractivity contribution in [2.45, 2.75) is 38.3 Å². The van der Waals surface area contributed by atoms with Crippen LogP contribution in [0, 0.1) is 11.8 Å². The zero-order valence-electron chi connectivity index (χ0n) is 12.8. The molecule has 1 aliphatic carbocycles. The molecule has 3 aliphatic heterocycles. The highest BCUT2D eigenvalue weighted by molar-refractivity contribution is 6.01. The van der Waals surface area contributed by atoms with Crippen molar-refractivity contribution < 1.29 is 4.74 Å². The van der Waals surface area contributed by atoms with Gasteiger partial charge in [0.25, 0.3) is 0 Å². The maximum absolute atomic E-state index is 5.49. The normalized spacial score (nSPS) is 39.2. The molecule has 3 heterocycles. The number of hydrazone groups is 1. The third-order valence-electron chi connectivity index (χ3n) is 5.23. The summed E-state index contributed by atoms with van der Waals surface area (Å²) >= 11 is 0. The van der Waals surface area contributed by atoms with E-state index in [1.165, 1.54) is 24.1 Å². The Morgan fingerprint density at radius 1 is 1.33 bits per heavy atom. The number of piperidine rings is 1. The molecule has 0 aromatic carbocycles. The van der Waals surface area contributed by atoms with Crippen molar-refractivity contribution >= 4 is 5.71 Å². The first-order chi connectivity index (χ1) is 10.3. The van der Waals surface area contributed by atoms with E-state index in [0.29, 0.717) is 18.0 Å². The molecular formula is C17H25N3O. The fraction of sp³-hybridized carbons (Fsp3) is 0.706. The molecule has 114 valence electrons. The van der Waals surface area contributed by atoms with Crippen molar-refractivity contribution in [2.75, 3.05) is 26.3 Å². The van der Waals surface area contributed by atoms with Gasteiger partial charge in [-0.2, -0.15) is 5.10 Å². The Kier molecular flexibility index (Phi) is 3.59. The Bertz CT molecular complexity index is 482. The second-order valence-electron chi connectivity index (χ2n) is 6.92. The summed E-state index contributed by atoms with van der Waals surface area (Å²) in [5.41, 5.74) is 2.67. The molecule has 0 aromatic rings. The summed E-state index contributed by atoms with van der Waals surface area (Å²) in [6.45, 7) is 6.21. The summed E-state index contributed by atoms with van der Waals surface area (Å²) in [7, 11) is 0. The van der Waals surface area contributed by atoms with Crippen LogP contribution >= 0.6 is 0 Å². The first-order valence-electron chi connectivity index (χ1n) is 8.35. The van der Waals surface area contributed by atoms with Gasteiger partial charge in [0.2, 0.25) is 0 Å². The van der Waals surface area contributed by atoms with E-state index in [1.807, 2.05) is 0 Å². The van der Waals surface area contributed by atoms with Gasteiger partial charge in [-0.05, 0) is 43.4 Å². The summed E-state index contributed by atoms with van der Waals surface area (Å²) in [6.07, 6.45) is 10.7. The molecule has 0 spiro atoms. The van der Waals surface area contributed by atoms with E-state index in [4.69, 9.17) is 9.84 Å². The molecule has 4 atom stereocenters. The van der Waals surface area contributed by atoms with Crippen LogP contribution in [-0.4, -0.2) is 49.1 Å². The van der Waals surface area contributed by atoms with E-state index in [-0.39, 0.29) is 0 Å². The Morgan fingerprint density at radius 3 is 3.05 bits per heavy atom. The topological polar surface area (TPSA) is 36.9 Å². The van der Waals surface area contributed by atoms with E-state index in [1.54, 1.807) is 0 Å². The molecule has 4 aliphatic rings. The number of nitrogens with zero attached hydrogens (tertiary/aromatic N) is 2. The molecule has 21 heavy (non-hydrogen) atoms. The van der Waals surface area contributed by atoms with Gasteiger partial charge in [0.1, 0.15) is 0 Å².